The molecule has 7 heteroatoms. The van der Waals surface area contributed by atoms with Crippen LogP contribution in [0.5, 0.6) is 11.5 Å². The van der Waals surface area contributed by atoms with Gasteiger partial charge in [-0.25, -0.2) is 0 Å². The van der Waals surface area contributed by atoms with Gasteiger partial charge in [-0.05, 0) is 25.1 Å². The van der Waals surface area contributed by atoms with Crippen LogP contribution in [0.4, 0.5) is 0 Å². The number of hydrogen-bond donors (Lipinski definition) is 0. The third-order valence-corrected chi connectivity index (χ3v) is 5.06. The molecule has 0 N–H and O–H groups in total. The molecule has 1 aromatic carbocycles. The monoisotopic (exact) mass is 384 g/mol. The van der Waals surface area contributed by atoms with Gasteiger partial charge in [-0.1, -0.05) is 13.8 Å². The predicted octanol–water partition coefficient (Wildman–Crippen LogP) is 3.23. The first-order valence-corrected chi connectivity index (χ1v) is 9.75. The molecule has 1 aromatic rings. The van der Waals surface area contributed by atoms with Crippen LogP contribution in [0.3, 0.4) is 0 Å². The number of methoxy groups -OCH3 is 2. The Kier molecular flexibility index (Phi) is 7.20. The van der Waals surface area contributed by atoms with Gasteiger partial charge in [0, 0.05) is 11.0 Å². The highest BCUT2D eigenvalue weighted by atomic mass is 32.2. The van der Waals surface area contributed by atoms with Gasteiger partial charge in [0.25, 0.3) is 0 Å². The molecular formula is C19H28O6S. The first-order chi connectivity index (χ1) is 12.4. The summed E-state index contributed by atoms with van der Waals surface area (Å²) >= 11 is 1.43. The summed E-state index contributed by atoms with van der Waals surface area (Å²) < 4.78 is 28.1. The van der Waals surface area contributed by atoms with Crippen molar-refractivity contribution in [2.75, 3.05) is 45.5 Å². The maximum Gasteiger partial charge on any atom is 0.315 e. The van der Waals surface area contributed by atoms with E-state index in [0.29, 0.717) is 37.1 Å². The smallest absolute Gasteiger partial charge is 0.315 e. The normalized spacial score (nSPS) is 18.2. The van der Waals surface area contributed by atoms with E-state index in [0.717, 1.165) is 5.56 Å². The van der Waals surface area contributed by atoms with E-state index in [9.17, 15) is 4.79 Å². The number of carbonyl (C=O) groups excluding carboxylic acids is 1. The summed E-state index contributed by atoms with van der Waals surface area (Å²) in [7, 11) is 3.19. The summed E-state index contributed by atoms with van der Waals surface area (Å²) in [6, 6.07) is 5.60. The zero-order valence-corrected chi connectivity index (χ0v) is 16.9. The standard InChI is InChI=1S/C19H28O6S/c1-6-23-17(20)10-26-13-19(24-11-18(2,3)12-25-19)14-7-8-15(21-4)16(9-14)22-5/h7-9H,6,10-13H2,1-5H3. The first-order valence-electron chi connectivity index (χ1n) is 8.59. The lowest BCUT2D eigenvalue weighted by molar-refractivity contribution is -0.295. The van der Waals surface area contributed by atoms with Crippen molar-refractivity contribution in [1.82, 2.24) is 0 Å². The number of carbonyl (C=O) groups is 1. The van der Waals surface area contributed by atoms with Crippen LogP contribution in [0.1, 0.15) is 26.3 Å². The summed E-state index contributed by atoms with van der Waals surface area (Å²) in [4.78, 5) is 11.7. The average molecular weight is 384 g/mol. The van der Waals surface area contributed by atoms with Crippen molar-refractivity contribution in [3.8, 4) is 11.5 Å². The summed E-state index contributed by atoms with van der Waals surface area (Å²) in [6.45, 7) is 7.47. The number of esters is 1. The Morgan fingerprint density at radius 1 is 1.15 bits per heavy atom. The van der Waals surface area contributed by atoms with Gasteiger partial charge in [-0.15, -0.1) is 11.8 Å². The Bertz CT molecular complexity index is 606. The van der Waals surface area contributed by atoms with E-state index < -0.39 is 5.79 Å². The van der Waals surface area contributed by atoms with Crippen molar-refractivity contribution in [2.24, 2.45) is 5.41 Å². The molecule has 0 aromatic heterocycles. The van der Waals surface area contributed by atoms with Gasteiger partial charge >= 0.3 is 5.97 Å². The minimum Gasteiger partial charge on any atom is -0.493 e. The topological polar surface area (TPSA) is 63.2 Å². The van der Waals surface area contributed by atoms with Gasteiger partial charge in [0.05, 0.1) is 45.5 Å². The van der Waals surface area contributed by atoms with Gasteiger partial charge in [0.2, 0.25) is 5.79 Å². The molecule has 146 valence electrons. The molecule has 1 aliphatic rings. The number of thioether (sulfide) groups is 1. The Hall–Kier alpha value is -1.44. The lowest BCUT2D eigenvalue weighted by Crippen LogP contribution is -2.47. The molecule has 0 radical (unpaired) electrons. The molecule has 0 saturated carbocycles. The van der Waals surface area contributed by atoms with Crippen LogP contribution in [-0.2, 0) is 24.8 Å². The minimum absolute atomic E-state index is 0.0636. The quantitative estimate of drug-likeness (QED) is 0.638. The van der Waals surface area contributed by atoms with E-state index in [1.807, 2.05) is 18.2 Å². The van der Waals surface area contributed by atoms with Crippen LogP contribution < -0.4 is 9.47 Å². The summed E-state index contributed by atoms with van der Waals surface area (Å²) in [5.74, 6) is 0.789. The van der Waals surface area contributed by atoms with Gasteiger partial charge in [-0.3, -0.25) is 4.79 Å². The Morgan fingerprint density at radius 3 is 2.38 bits per heavy atom. The third-order valence-electron chi connectivity index (χ3n) is 4.03. The Labute approximate surface area is 159 Å². The van der Waals surface area contributed by atoms with E-state index >= 15 is 0 Å². The van der Waals surface area contributed by atoms with Crippen molar-refractivity contribution in [3.63, 3.8) is 0 Å². The molecule has 0 amide bonds. The van der Waals surface area contributed by atoms with Crippen LogP contribution in [-0.4, -0.2) is 51.5 Å². The lowest BCUT2D eigenvalue weighted by atomic mass is 9.93. The molecule has 1 heterocycles. The average Bonchev–Trinajstić information content (AvgIpc) is 2.63. The van der Waals surface area contributed by atoms with Gasteiger partial charge < -0.3 is 23.7 Å². The number of rotatable bonds is 8. The van der Waals surface area contributed by atoms with Gasteiger partial charge in [-0.2, -0.15) is 0 Å². The highest BCUT2D eigenvalue weighted by molar-refractivity contribution is 7.99. The van der Waals surface area contributed by atoms with Crippen LogP contribution in [0.2, 0.25) is 0 Å². The van der Waals surface area contributed by atoms with Gasteiger partial charge in [0.1, 0.15) is 0 Å². The summed E-state index contributed by atoms with van der Waals surface area (Å²) in [5, 5.41) is 0. The van der Waals surface area contributed by atoms with Crippen molar-refractivity contribution < 1.29 is 28.5 Å². The molecular weight excluding hydrogens is 356 g/mol. The van der Waals surface area contributed by atoms with Crippen molar-refractivity contribution in [2.45, 2.75) is 26.6 Å². The second kappa shape index (κ2) is 8.97. The molecule has 0 bridgehead atoms. The lowest BCUT2D eigenvalue weighted by Gasteiger charge is -2.43. The molecule has 26 heavy (non-hydrogen) atoms. The molecule has 2 rings (SSSR count). The minimum atomic E-state index is -0.938. The second-order valence-electron chi connectivity index (χ2n) is 6.86. The molecule has 0 atom stereocenters. The first kappa shape index (κ1) is 20.9. The molecule has 0 unspecified atom stereocenters. The fourth-order valence-corrected chi connectivity index (χ4v) is 3.54. The van der Waals surface area contributed by atoms with Gasteiger partial charge in [0.15, 0.2) is 11.5 Å². The number of ether oxygens (including phenoxy) is 5. The van der Waals surface area contributed by atoms with Crippen LogP contribution in [0.25, 0.3) is 0 Å². The fourth-order valence-electron chi connectivity index (χ4n) is 2.59. The molecule has 1 fully saturated rings. The summed E-state index contributed by atoms with van der Waals surface area (Å²) in [6.07, 6.45) is 0. The fraction of sp³-hybridized carbons (Fsp3) is 0.632. The Morgan fingerprint density at radius 2 is 1.81 bits per heavy atom. The van der Waals surface area contributed by atoms with Crippen molar-refractivity contribution in [3.05, 3.63) is 23.8 Å². The van der Waals surface area contributed by atoms with E-state index in [4.69, 9.17) is 23.7 Å². The molecule has 6 nitrogen and oxygen atoms in total. The van der Waals surface area contributed by atoms with E-state index in [-0.39, 0.29) is 17.1 Å². The predicted molar refractivity (Wildman–Crippen MR) is 101 cm³/mol. The molecule has 0 spiro atoms. The highest BCUT2D eigenvalue weighted by Gasteiger charge is 2.42. The van der Waals surface area contributed by atoms with E-state index in [2.05, 4.69) is 13.8 Å². The van der Waals surface area contributed by atoms with E-state index in [1.54, 1.807) is 21.1 Å². The highest BCUT2D eigenvalue weighted by Crippen LogP contribution is 2.41. The third kappa shape index (κ3) is 5.05. The molecule has 1 saturated heterocycles. The molecule has 0 aliphatic carbocycles. The van der Waals surface area contributed by atoms with Crippen LogP contribution in [0.15, 0.2) is 18.2 Å². The van der Waals surface area contributed by atoms with Crippen molar-refractivity contribution in [1.29, 1.82) is 0 Å². The Balaban J connectivity index is 2.22. The summed E-state index contributed by atoms with van der Waals surface area (Å²) in [5.41, 5.74) is 0.772. The second-order valence-corrected chi connectivity index (χ2v) is 7.85. The zero-order chi connectivity index (χ0) is 19.2. The SMILES string of the molecule is CCOC(=O)CSCC1(c2ccc(OC)c(OC)c2)OCC(C)(C)CO1. The number of hydrogen-bond acceptors (Lipinski definition) is 7. The molecule has 1 aliphatic heterocycles. The largest absolute Gasteiger partial charge is 0.493 e. The zero-order valence-electron chi connectivity index (χ0n) is 16.1. The number of benzene rings is 1. The maximum absolute atomic E-state index is 11.7. The van der Waals surface area contributed by atoms with E-state index in [1.165, 1.54) is 11.8 Å². The van der Waals surface area contributed by atoms with Crippen LogP contribution >= 0.6 is 11.8 Å². The van der Waals surface area contributed by atoms with Crippen molar-refractivity contribution >= 4 is 17.7 Å². The maximum atomic E-state index is 11.7. The van der Waals surface area contributed by atoms with Crippen LogP contribution in [0, 0.1) is 5.41 Å².